The van der Waals surface area contributed by atoms with Crippen LogP contribution in [0.4, 0.5) is 0 Å². The Morgan fingerprint density at radius 1 is 0.448 bits per heavy atom. The van der Waals surface area contributed by atoms with Crippen LogP contribution in [0.3, 0.4) is 0 Å². The van der Waals surface area contributed by atoms with Gasteiger partial charge in [-0.1, -0.05) is 12.1 Å². The second kappa shape index (κ2) is 22.7. The Hall–Kier alpha value is -3.93. The molecular formula is C62H78O2S2Ti-2. The second-order valence-corrected chi connectivity index (χ2v) is 33.2. The second-order valence-electron chi connectivity index (χ2n) is 21.8. The van der Waals surface area contributed by atoms with Gasteiger partial charge in [0.25, 0.3) is 0 Å². The van der Waals surface area contributed by atoms with Crippen LogP contribution < -0.4 is 0 Å². The maximum atomic E-state index is 12.3. The molecule has 1 aliphatic carbocycles. The molecule has 1 aliphatic heterocycles. The fraction of sp³-hybridized carbons (Fsp3) is 0.387. The average Bonchev–Trinajstić information content (AvgIpc) is 3.58. The maximum Gasteiger partial charge on any atom is -0.0866 e. The molecule has 2 N–H and O–H groups in total. The molecule has 0 bridgehead atoms. The molecule has 1 heterocycles. The molecule has 2 unspecified atom stereocenters. The van der Waals surface area contributed by atoms with Gasteiger partial charge >= 0.3 is 334 Å². The zero-order valence-electron chi connectivity index (χ0n) is 42.3. The number of hydrogen-bond acceptors (Lipinski definition) is 2. The van der Waals surface area contributed by atoms with Crippen LogP contribution in [0.5, 0.6) is 11.5 Å². The Balaban J connectivity index is 0.000000450. The van der Waals surface area contributed by atoms with E-state index in [1.807, 2.05) is 60.7 Å². The maximum absolute atomic E-state index is 12.3. The van der Waals surface area contributed by atoms with E-state index in [1.54, 1.807) is 0 Å². The van der Waals surface area contributed by atoms with Crippen molar-refractivity contribution >= 4 is 15.9 Å². The Morgan fingerprint density at radius 2 is 0.761 bits per heavy atom. The Labute approximate surface area is 416 Å². The topological polar surface area (TPSA) is 40.5 Å². The van der Waals surface area contributed by atoms with Gasteiger partial charge in [0.1, 0.15) is 0 Å². The van der Waals surface area contributed by atoms with Crippen molar-refractivity contribution < 1.29 is 25.7 Å². The molecule has 5 heteroatoms. The summed E-state index contributed by atoms with van der Waals surface area (Å²) in [6.45, 7) is 30.4. The number of fused-ring (bicyclic) bond motifs is 1. The van der Waals surface area contributed by atoms with Gasteiger partial charge < -0.3 is 0 Å². The van der Waals surface area contributed by atoms with Crippen molar-refractivity contribution in [3.05, 3.63) is 215 Å². The zero-order chi connectivity index (χ0) is 48.6. The van der Waals surface area contributed by atoms with Gasteiger partial charge in [-0.25, -0.2) is 0 Å². The van der Waals surface area contributed by atoms with Gasteiger partial charge in [-0.3, -0.25) is 0 Å². The first-order valence-corrected chi connectivity index (χ1v) is 31.2. The fourth-order valence-corrected chi connectivity index (χ4v) is 30.2. The van der Waals surface area contributed by atoms with E-state index in [0.29, 0.717) is 11.5 Å². The molecule has 1 saturated carbocycles. The first-order valence-electron chi connectivity index (χ1n) is 24.4. The van der Waals surface area contributed by atoms with Gasteiger partial charge in [-0.15, -0.1) is 24.3 Å². The van der Waals surface area contributed by atoms with Crippen molar-refractivity contribution in [2.24, 2.45) is 0 Å². The van der Waals surface area contributed by atoms with E-state index in [1.165, 1.54) is 71.9 Å². The van der Waals surface area contributed by atoms with Crippen LogP contribution in [0.1, 0.15) is 163 Å². The molecule has 0 spiro atoms. The first-order chi connectivity index (χ1) is 31.7. The fourth-order valence-electron chi connectivity index (χ4n) is 9.34. The number of phenols is 2. The number of hydrogen-bond donors (Lipinski definition) is 2. The summed E-state index contributed by atoms with van der Waals surface area (Å²) in [5.41, 5.74) is 11.0. The van der Waals surface area contributed by atoms with Crippen LogP contribution in [0, 0.1) is 13.8 Å². The minimum atomic E-state index is -0.339. The number of aromatic hydroxyl groups is 2. The SMILES string of the molecule is CC(C)(C)c1cc(C[S]2=[Ti]=[S@@](Cc3cc(C(C)(C)C)cc(C(C)(C)c4ccccc4)c3O)C3CCCCCC[C@@H]32)c(O)c(C(C)(C)c2ccccc2)c1.[CH2-]c1ccccc1.[CH2-]c1ccccc1. The minimum absolute atomic E-state index is 0.0209. The summed E-state index contributed by atoms with van der Waals surface area (Å²) in [5.74, 6) is 3.03. The van der Waals surface area contributed by atoms with Gasteiger partial charge in [-0.2, -0.15) is 49.2 Å². The van der Waals surface area contributed by atoms with Crippen LogP contribution in [-0.4, -0.2) is 20.7 Å². The normalized spacial score (nSPS) is 18.6. The molecule has 0 amide bonds. The standard InChI is InChI=1S/C48H64O2S2.2C7H7.Ti/c1-45(2,3)37-27-33(43(49)39(29-37)47(7,8)35-21-15-13-16-22-35)31-51-41-25-19-11-12-20-26-42(41)52-32-34-28-38(46(4,5)6)30-40(44(34)50)48(9,10)36-23-17-14-18-24-36;2*1-7-5-3-2-4-6-7;/h13-18,21-24,27-30,41-42,49-50H,11-12,19-20,25-26,31-32H2,1-10H3;2*2-6H,1H2;/q;2*-1;/t41-,42?;;;/m0.../s1. The third-order valence-corrected chi connectivity index (χ3v) is 29.8. The van der Waals surface area contributed by atoms with Gasteiger partial charge in [0.05, 0.1) is 0 Å². The third-order valence-electron chi connectivity index (χ3n) is 13.8. The molecule has 356 valence electrons. The van der Waals surface area contributed by atoms with E-state index in [9.17, 15) is 10.2 Å². The molecule has 2 nitrogen and oxygen atoms in total. The molecule has 2 aliphatic rings. The summed E-state index contributed by atoms with van der Waals surface area (Å²) in [6, 6.07) is 50.5. The van der Waals surface area contributed by atoms with Crippen LogP contribution in [0.2, 0.25) is 0 Å². The molecule has 1 fully saturated rings. The summed E-state index contributed by atoms with van der Waals surface area (Å²) in [6.07, 6.45) is 8.00. The summed E-state index contributed by atoms with van der Waals surface area (Å²) in [7, 11) is 0.545. The van der Waals surface area contributed by atoms with Crippen LogP contribution in [0.25, 0.3) is 0 Å². The van der Waals surface area contributed by atoms with Crippen LogP contribution in [0.15, 0.2) is 146 Å². The summed E-state index contributed by atoms with van der Waals surface area (Å²) in [5, 5.41) is 26.0. The van der Waals surface area contributed by atoms with E-state index in [0.717, 1.165) is 44.3 Å². The van der Waals surface area contributed by atoms with Gasteiger partial charge in [0, 0.05) is 0 Å². The predicted molar refractivity (Wildman–Crippen MR) is 290 cm³/mol. The van der Waals surface area contributed by atoms with Crippen molar-refractivity contribution in [2.75, 3.05) is 0 Å². The largest absolute Gasteiger partial charge is 0.199 e. The number of rotatable bonds is 8. The van der Waals surface area contributed by atoms with Crippen molar-refractivity contribution in [3.8, 4) is 11.5 Å². The first kappa shape index (κ1) is 52.4. The van der Waals surface area contributed by atoms with E-state index in [4.69, 9.17) is 0 Å². The van der Waals surface area contributed by atoms with Gasteiger partial charge in [-0.05, 0) is 0 Å². The molecule has 4 atom stereocenters. The Bertz CT molecular complexity index is 2430. The van der Waals surface area contributed by atoms with E-state index < -0.39 is 0 Å². The molecule has 0 aromatic heterocycles. The molecule has 6 aromatic rings. The Kier molecular flexibility index (Phi) is 17.7. The van der Waals surface area contributed by atoms with E-state index in [2.05, 4.69) is 168 Å². The third kappa shape index (κ3) is 13.4. The summed E-state index contributed by atoms with van der Waals surface area (Å²) in [4.78, 5) is 0. The number of benzene rings is 6. The minimum Gasteiger partial charge on any atom is -0.199 e. The summed E-state index contributed by atoms with van der Waals surface area (Å²) >= 11 is -0.339. The molecule has 8 rings (SSSR count). The average molecular weight is 967 g/mol. The van der Waals surface area contributed by atoms with E-state index in [-0.39, 0.29) is 53.0 Å². The van der Waals surface area contributed by atoms with Crippen LogP contribution in [-0.2, 0) is 48.6 Å². The van der Waals surface area contributed by atoms with Gasteiger partial charge in [0.15, 0.2) is 0 Å². The van der Waals surface area contributed by atoms with Crippen molar-refractivity contribution in [1.29, 1.82) is 0 Å². The Morgan fingerprint density at radius 3 is 1.04 bits per heavy atom. The quantitative estimate of drug-likeness (QED) is 0.118. The molecule has 0 saturated heterocycles. The van der Waals surface area contributed by atoms with Crippen molar-refractivity contribution in [3.63, 3.8) is 0 Å². The number of phenolic OH excluding ortho intramolecular Hbond substituents is 2. The molecule has 0 radical (unpaired) electrons. The predicted octanol–water partition coefficient (Wildman–Crippen LogP) is 17.3. The zero-order valence-corrected chi connectivity index (χ0v) is 45.5. The van der Waals surface area contributed by atoms with Gasteiger partial charge in [0.2, 0.25) is 0 Å². The van der Waals surface area contributed by atoms with Crippen molar-refractivity contribution in [2.45, 2.75) is 151 Å². The molecule has 67 heavy (non-hydrogen) atoms. The van der Waals surface area contributed by atoms with E-state index >= 15 is 0 Å². The molecule has 6 aromatic carbocycles. The molecular weight excluding hydrogens is 889 g/mol. The van der Waals surface area contributed by atoms with Crippen molar-refractivity contribution in [1.82, 2.24) is 0 Å². The smallest absolute Gasteiger partial charge is 0.0866 e. The summed E-state index contributed by atoms with van der Waals surface area (Å²) < 4.78 is 0. The monoisotopic (exact) mass is 966 g/mol. The van der Waals surface area contributed by atoms with Crippen LogP contribution >= 0.6 is 15.9 Å².